The van der Waals surface area contributed by atoms with E-state index in [1.807, 2.05) is 44.2 Å². The van der Waals surface area contributed by atoms with Crippen molar-refractivity contribution in [2.75, 3.05) is 5.73 Å². The van der Waals surface area contributed by atoms with Crippen LogP contribution in [0.25, 0.3) is 0 Å². The maximum atomic E-state index is 6.07. The molecule has 0 aliphatic rings. The predicted molar refractivity (Wildman–Crippen MR) is 87.2 cm³/mol. The lowest BCUT2D eigenvalue weighted by Gasteiger charge is -2.22. The molecule has 0 radical (unpaired) electrons. The van der Waals surface area contributed by atoms with Crippen LogP contribution in [0.2, 0.25) is 5.02 Å². The highest BCUT2D eigenvalue weighted by molar-refractivity contribution is 6.30. The minimum Gasteiger partial charge on any atom is -0.491 e. The lowest BCUT2D eigenvalue weighted by atomic mass is 9.97. The summed E-state index contributed by atoms with van der Waals surface area (Å²) in [4.78, 5) is 0. The summed E-state index contributed by atoms with van der Waals surface area (Å²) in [6, 6.07) is 12.9. The van der Waals surface area contributed by atoms with Gasteiger partial charge in [-0.05, 0) is 37.6 Å². The molecular weight excluding hydrogens is 286 g/mol. The second kappa shape index (κ2) is 6.80. The fourth-order valence-corrected chi connectivity index (χ4v) is 2.42. The van der Waals surface area contributed by atoms with Crippen molar-refractivity contribution < 1.29 is 4.74 Å². The smallest absolute Gasteiger partial charge is 0.124 e. The van der Waals surface area contributed by atoms with Crippen LogP contribution in [-0.2, 0) is 0 Å². The summed E-state index contributed by atoms with van der Waals surface area (Å²) < 4.78 is 5.85. The Kier molecular flexibility index (Phi) is 5.07. The molecule has 5 N–H and O–H groups in total. The Morgan fingerprint density at radius 2 is 1.81 bits per heavy atom. The number of anilines is 1. The third-order valence-electron chi connectivity index (χ3n) is 3.12. The molecule has 2 aromatic carbocycles. The molecule has 0 amide bonds. The van der Waals surface area contributed by atoms with Crippen LogP contribution in [0, 0.1) is 0 Å². The van der Waals surface area contributed by atoms with E-state index in [2.05, 4.69) is 5.43 Å². The molecule has 0 spiro atoms. The van der Waals surface area contributed by atoms with Gasteiger partial charge in [0.1, 0.15) is 5.75 Å². The Hall–Kier alpha value is -1.75. The quantitative estimate of drug-likeness (QED) is 0.450. The molecule has 1 unspecified atom stereocenters. The largest absolute Gasteiger partial charge is 0.491 e. The van der Waals surface area contributed by atoms with Crippen molar-refractivity contribution in [2.45, 2.75) is 26.0 Å². The average Bonchev–Trinajstić information content (AvgIpc) is 2.43. The number of nitrogen functional groups attached to an aromatic ring is 1. The maximum Gasteiger partial charge on any atom is 0.124 e. The molecule has 0 bridgehead atoms. The van der Waals surface area contributed by atoms with Gasteiger partial charge in [-0.2, -0.15) is 0 Å². The third kappa shape index (κ3) is 3.67. The molecule has 0 fully saturated rings. The fourth-order valence-electron chi connectivity index (χ4n) is 2.24. The maximum absolute atomic E-state index is 6.07. The first kappa shape index (κ1) is 15.6. The van der Waals surface area contributed by atoms with Crippen LogP contribution >= 0.6 is 11.6 Å². The van der Waals surface area contributed by atoms with Gasteiger partial charge in [-0.1, -0.05) is 35.9 Å². The zero-order valence-corrected chi connectivity index (χ0v) is 12.9. The van der Waals surface area contributed by atoms with E-state index in [1.165, 1.54) is 0 Å². The standard InChI is InChI=1S/C16H20ClN3O/c1-10(2)21-15-6-4-3-5-13(15)16(20-19)12-8-7-11(17)9-14(12)18/h3-10,16,20H,18-19H2,1-2H3. The highest BCUT2D eigenvalue weighted by Crippen LogP contribution is 2.33. The number of hydrogen-bond acceptors (Lipinski definition) is 4. The minimum atomic E-state index is -0.266. The van der Waals surface area contributed by atoms with E-state index in [0.717, 1.165) is 16.9 Å². The fraction of sp³-hybridized carbons (Fsp3) is 0.250. The highest BCUT2D eigenvalue weighted by Gasteiger charge is 2.19. The van der Waals surface area contributed by atoms with Crippen LogP contribution in [0.3, 0.4) is 0 Å². The monoisotopic (exact) mass is 305 g/mol. The Bertz CT molecular complexity index is 616. The number of para-hydroxylation sites is 1. The van der Waals surface area contributed by atoms with Crippen molar-refractivity contribution in [1.82, 2.24) is 5.43 Å². The van der Waals surface area contributed by atoms with E-state index >= 15 is 0 Å². The van der Waals surface area contributed by atoms with Crippen LogP contribution in [0.15, 0.2) is 42.5 Å². The number of nitrogens with two attached hydrogens (primary N) is 2. The summed E-state index contributed by atoms with van der Waals surface area (Å²) >= 11 is 5.95. The number of hydrogen-bond donors (Lipinski definition) is 3. The molecule has 0 aliphatic carbocycles. The third-order valence-corrected chi connectivity index (χ3v) is 3.35. The molecule has 0 saturated heterocycles. The molecule has 4 nitrogen and oxygen atoms in total. The molecule has 5 heteroatoms. The highest BCUT2D eigenvalue weighted by atomic mass is 35.5. The molecule has 1 atom stereocenters. The Labute approximate surface area is 130 Å². The normalized spacial score (nSPS) is 12.4. The Morgan fingerprint density at radius 1 is 1.10 bits per heavy atom. The first-order valence-corrected chi connectivity index (χ1v) is 7.17. The summed E-state index contributed by atoms with van der Waals surface area (Å²) in [6.45, 7) is 3.97. The molecule has 2 rings (SSSR count). The van der Waals surface area contributed by atoms with Crippen molar-refractivity contribution >= 4 is 17.3 Å². The van der Waals surface area contributed by atoms with E-state index in [-0.39, 0.29) is 12.1 Å². The topological polar surface area (TPSA) is 73.3 Å². The first-order valence-electron chi connectivity index (χ1n) is 6.79. The van der Waals surface area contributed by atoms with Gasteiger partial charge in [0.15, 0.2) is 0 Å². The van der Waals surface area contributed by atoms with Gasteiger partial charge in [-0.25, -0.2) is 5.43 Å². The zero-order valence-electron chi connectivity index (χ0n) is 12.1. The van der Waals surface area contributed by atoms with Gasteiger partial charge in [0.2, 0.25) is 0 Å². The second-order valence-electron chi connectivity index (χ2n) is 5.08. The van der Waals surface area contributed by atoms with E-state index in [4.69, 9.17) is 27.9 Å². The number of hydrazine groups is 1. The molecule has 21 heavy (non-hydrogen) atoms. The Morgan fingerprint density at radius 3 is 2.43 bits per heavy atom. The van der Waals surface area contributed by atoms with E-state index in [1.54, 1.807) is 12.1 Å². The SMILES string of the molecule is CC(C)Oc1ccccc1C(NN)c1ccc(Cl)cc1N. The molecule has 112 valence electrons. The van der Waals surface area contributed by atoms with Gasteiger partial charge in [0.25, 0.3) is 0 Å². The van der Waals surface area contributed by atoms with Gasteiger partial charge in [0.05, 0.1) is 12.1 Å². The summed E-state index contributed by atoms with van der Waals surface area (Å²) in [7, 11) is 0. The summed E-state index contributed by atoms with van der Waals surface area (Å²) in [5.41, 5.74) is 11.3. The van der Waals surface area contributed by atoms with E-state index in [9.17, 15) is 0 Å². The van der Waals surface area contributed by atoms with Gasteiger partial charge in [-0.15, -0.1) is 0 Å². The van der Waals surface area contributed by atoms with Crippen molar-refractivity contribution in [2.24, 2.45) is 5.84 Å². The summed E-state index contributed by atoms with van der Waals surface area (Å²) in [5, 5.41) is 0.596. The van der Waals surface area contributed by atoms with Crippen LogP contribution in [0.5, 0.6) is 5.75 Å². The predicted octanol–water partition coefficient (Wildman–Crippen LogP) is 3.26. The van der Waals surface area contributed by atoms with Crippen molar-refractivity contribution in [3.63, 3.8) is 0 Å². The molecule has 0 saturated carbocycles. The number of nitrogens with one attached hydrogen (secondary N) is 1. The molecular formula is C16H20ClN3O. The first-order chi connectivity index (χ1) is 10.0. The molecule has 0 heterocycles. The van der Waals surface area contributed by atoms with E-state index in [0.29, 0.717) is 10.7 Å². The second-order valence-corrected chi connectivity index (χ2v) is 5.51. The molecule has 2 aromatic rings. The van der Waals surface area contributed by atoms with Gasteiger partial charge >= 0.3 is 0 Å². The van der Waals surface area contributed by atoms with Gasteiger partial charge < -0.3 is 10.5 Å². The van der Waals surface area contributed by atoms with Crippen molar-refractivity contribution in [3.8, 4) is 5.75 Å². The zero-order chi connectivity index (χ0) is 15.4. The minimum absolute atomic E-state index is 0.0761. The number of rotatable bonds is 5. The summed E-state index contributed by atoms with van der Waals surface area (Å²) in [5.74, 6) is 6.53. The number of benzene rings is 2. The van der Waals surface area contributed by atoms with Gasteiger partial charge in [-0.3, -0.25) is 5.84 Å². The lowest BCUT2D eigenvalue weighted by Crippen LogP contribution is -2.30. The number of halogens is 1. The van der Waals surface area contributed by atoms with Crippen LogP contribution in [0.1, 0.15) is 31.0 Å². The molecule has 0 aromatic heterocycles. The van der Waals surface area contributed by atoms with Gasteiger partial charge in [0, 0.05) is 16.3 Å². The van der Waals surface area contributed by atoms with Crippen LogP contribution < -0.4 is 21.7 Å². The Balaban J connectivity index is 2.46. The average molecular weight is 306 g/mol. The van der Waals surface area contributed by atoms with Crippen molar-refractivity contribution in [1.29, 1.82) is 0 Å². The lowest BCUT2D eigenvalue weighted by molar-refractivity contribution is 0.238. The van der Waals surface area contributed by atoms with Crippen molar-refractivity contribution in [3.05, 3.63) is 58.6 Å². The summed E-state index contributed by atoms with van der Waals surface area (Å²) in [6.07, 6.45) is 0.0761. The number of ether oxygens (including phenoxy) is 1. The van der Waals surface area contributed by atoms with Crippen LogP contribution in [-0.4, -0.2) is 6.10 Å². The van der Waals surface area contributed by atoms with E-state index < -0.39 is 0 Å². The molecule has 0 aliphatic heterocycles. The van der Waals surface area contributed by atoms with Crippen LogP contribution in [0.4, 0.5) is 5.69 Å².